The third-order valence-electron chi connectivity index (χ3n) is 4.08. The molecule has 7 heteroatoms. The van der Waals surface area contributed by atoms with Crippen molar-refractivity contribution in [1.82, 2.24) is 10.6 Å². The second-order valence-corrected chi connectivity index (χ2v) is 6.18. The first-order valence-electron chi connectivity index (χ1n) is 7.97. The number of amides is 3. The third kappa shape index (κ3) is 3.65. The molecule has 0 saturated heterocycles. The molecular formula is C19H18ClN3O3. The van der Waals surface area contributed by atoms with Crippen LogP contribution in [0.25, 0.3) is 0 Å². The maximum Gasteiger partial charge on any atom is 0.319 e. The van der Waals surface area contributed by atoms with Gasteiger partial charge in [0.1, 0.15) is 5.75 Å². The van der Waals surface area contributed by atoms with Crippen LogP contribution in [-0.4, -0.2) is 19.0 Å². The van der Waals surface area contributed by atoms with E-state index in [-0.39, 0.29) is 11.9 Å². The highest BCUT2D eigenvalue weighted by Gasteiger charge is 2.31. The van der Waals surface area contributed by atoms with E-state index in [2.05, 4.69) is 16.0 Å². The van der Waals surface area contributed by atoms with Gasteiger partial charge in [0, 0.05) is 5.70 Å². The number of carbonyl (C=O) groups is 2. The fourth-order valence-electron chi connectivity index (χ4n) is 2.79. The Hall–Kier alpha value is -2.99. The zero-order valence-corrected chi connectivity index (χ0v) is 15.1. The molecule has 1 heterocycles. The second kappa shape index (κ2) is 7.49. The number of benzene rings is 2. The summed E-state index contributed by atoms with van der Waals surface area (Å²) in [6, 6.07) is 13.2. The number of rotatable bonds is 4. The summed E-state index contributed by atoms with van der Waals surface area (Å²) in [5.74, 6) is 0.348. The molecule has 0 saturated carbocycles. The van der Waals surface area contributed by atoms with Crippen LogP contribution in [0, 0.1) is 0 Å². The van der Waals surface area contributed by atoms with Gasteiger partial charge in [-0.05, 0) is 36.8 Å². The number of anilines is 1. The molecule has 0 unspecified atom stereocenters. The van der Waals surface area contributed by atoms with E-state index < -0.39 is 6.04 Å². The summed E-state index contributed by atoms with van der Waals surface area (Å²) in [6.07, 6.45) is 0. The van der Waals surface area contributed by atoms with Crippen LogP contribution < -0.4 is 20.7 Å². The average Bonchev–Trinajstić information content (AvgIpc) is 2.63. The molecule has 0 aromatic heterocycles. The molecule has 3 rings (SSSR count). The lowest BCUT2D eigenvalue weighted by Crippen LogP contribution is -2.45. The van der Waals surface area contributed by atoms with Gasteiger partial charge in [0.05, 0.1) is 29.4 Å². The van der Waals surface area contributed by atoms with Crippen LogP contribution >= 0.6 is 11.6 Å². The standard InChI is InChI=1S/C19H18ClN3O3/c1-11-16(18(24)22-15-6-4-3-5-14(15)20)17(23-19(25)21-11)12-7-9-13(26-2)10-8-12/h3-10,17H,1-2H3,(H,22,24)(H2,21,23,25)/t17-/m1/s1. The van der Waals surface area contributed by atoms with E-state index in [1.807, 2.05) is 12.1 Å². The van der Waals surface area contributed by atoms with Crippen LogP contribution in [0.15, 0.2) is 59.8 Å². The zero-order chi connectivity index (χ0) is 18.7. The zero-order valence-electron chi connectivity index (χ0n) is 14.3. The Balaban J connectivity index is 1.94. The Morgan fingerprint density at radius 2 is 1.85 bits per heavy atom. The molecule has 3 amide bonds. The molecule has 1 aliphatic heterocycles. The summed E-state index contributed by atoms with van der Waals surface area (Å²) in [4.78, 5) is 24.8. The maximum absolute atomic E-state index is 12.9. The lowest BCUT2D eigenvalue weighted by molar-refractivity contribution is -0.113. The molecule has 134 valence electrons. The molecule has 0 radical (unpaired) electrons. The first kappa shape index (κ1) is 17.8. The Morgan fingerprint density at radius 1 is 1.15 bits per heavy atom. The monoisotopic (exact) mass is 371 g/mol. The molecule has 0 aliphatic carbocycles. The lowest BCUT2D eigenvalue weighted by Gasteiger charge is -2.28. The Morgan fingerprint density at radius 3 is 2.50 bits per heavy atom. The summed E-state index contributed by atoms with van der Waals surface area (Å²) in [5, 5.41) is 8.67. The van der Waals surface area contributed by atoms with Gasteiger partial charge in [0.25, 0.3) is 5.91 Å². The van der Waals surface area contributed by atoms with Crippen LogP contribution in [-0.2, 0) is 4.79 Å². The molecule has 0 spiro atoms. The lowest BCUT2D eigenvalue weighted by atomic mass is 9.94. The first-order chi connectivity index (χ1) is 12.5. The van der Waals surface area contributed by atoms with E-state index in [0.717, 1.165) is 5.56 Å². The number of ether oxygens (including phenoxy) is 1. The largest absolute Gasteiger partial charge is 0.497 e. The Labute approximate surface area is 156 Å². The van der Waals surface area contributed by atoms with Gasteiger partial charge >= 0.3 is 6.03 Å². The number of allylic oxidation sites excluding steroid dienone is 1. The van der Waals surface area contributed by atoms with Crippen molar-refractivity contribution in [2.75, 3.05) is 12.4 Å². The number of hydrogen-bond donors (Lipinski definition) is 3. The van der Waals surface area contributed by atoms with Gasteiger partial charge in [0.2, 0.25) is 0 Å². The van der Waals surface area contributed by atoms with Crippen molar-refractivity contribution in [3.05, 3.63) is 70.4 Å². The molecule has 6 nitrogen and oxygen atoms in total. The minimum Gasteiger partial charge on any atom is -0.497 e. The van der Waals surface area contributed by atoms with Crippen LogP contribution in [0.1, 0.15) is 18.5 Å². The molecule has 1 aliphatic rings. The number of hydrogen-bond acceptors (Lipinski definition) is 3. The van der Waals surface area contributed by atoms with Crippen molar-refractivity contribution in [1.29, 1.82) is 0 Å². The van der Waals surface area contributed by atoms with E-state index in [9.17, 15) is 9.59 Å². The predicted octanol–water partition coefficient (Wildman–Crippen LogP) is 3.62. The number of carbonyl (C=O) groups excluding carboxylic acids is 2. The minimum absolute atomic E-state index is 0.344. The van der Waals surface area contributed by atoms with Crippen molar-refractivity contribution >= 4 is 29.2 Å². The predicted molar refractivity (Wildman–Crippen MR) is 100 cm³/mol. The maximum atomic E-state index is 12.9. The van der Waals surface area contributed by atoms with Crippen molar-refractivity contribution < 1.29 is 14.3 Å². The van der Waals surface area contributed by atoms with Crippen LogP contribution in [0.4, 0.5) is 10.5 Å². The minimum atomic E-state index is -0.586. The Kier molecular flexibility index (Phi) is 5.14. The van der Waals surface area contributed by atoms with Crippen molar-refractivity contribution in [2.45, 2.75) is 13.0 Å². The van der Waals surface area contributed by atoms with Gasteiger partial charge in [-0.25, -0.2) is 4.79 Å². The summed E-state index contributed by atoms with van der Waals surface area (Å²) in [7, 11) is 1.58. The van der Waals surface area contributed by atoms with E-state index in [1.54, 1.807) is 50.4 Å². The number of urea groups is 1. The van der Waals surface area contributed by atoms with E-state index in [0.29, 0.717) is 27.7 Å². The van der Waals surface area contributed by atoms with Crippen LogP contribution in [0.2, 0.25) is 5.02 Å². The first-order valence-corrected chi connectivity index (χ1v) is 8.35. The number of methoxy groups -OCH3 is 1. The highest BCUT2D eigenvalue weighted by atomic mass is 35.5. The van der Waals surface area contributed by atoms with Crippen molar-refractivity contribution in [3.63, 3.8) is 0 Å². The van der Waals surface area contributed by atoms with E-state index >= 15 is 0 Å². The van der Waals surface area contributed by atoms with Crippen molar-refractivity contribution in [3.8, 4) is 5.75 Å². The van der Waals surface area contributed by atoms with E-state index in [1.165, 1.54) is 0 Å². The second-order valence-electron chi connectivity index (χ2n) is 5.78. The number of halogens is 1. The SMILES string of the molecule is COc1ccc([C@H]2NC(=O)NC(C)=C2C(=O)Nc2ccccc2Cl)cc1. The van der Waals surface area contributed by atoms with Crippen molar-refractivity contribution in [2.24, 2.45) is 0 Å². The van der Waals surface area contributed by atoms with Gasteiger partial charge < -0.3 is 20.7 Å². The van der Waals surface area contributed by atoms with Gasteiger partial charge in [-0.2, -0.15) is 0 Å². The number of para-hydroxylation sites is 1. The quantitative estimate of drug-likeness (QED) is 0.768. The summed E-state index contributed by atoms with van der Waals surface area (Å²) in [6.45, 7) is 1.69. The molecular weight excluding hydrogens is 354 g/mol. The highest BCUT2D eigenvalue weighted by Crippen LogP contribution is 2.30. The molecule has 3 N–H and O–H groups in total. The topological polar surface area (TPSA) is 79.5 Å². The Bertz CT molecular complexity index is 878. The van der Waals surface area contributed by atoms with Gasteiger partial charge in [-0.15, -0.1) is 0 Å². The van der Waals surface area contributed by atoms with Crippen LogP contribution in [0.5, 0.6) is 5.75 Å². The molecule has 1 atom stereocenters. The van der Waals surface area contributed by atoms with Gasteiger partial charge in [0.15, 0.2) is 0 Å². The molecule has 0 fully saturated rings. The molecule has 2 aromatic carbocycles. The van der Waals surface area contributed by atoms with Gasteiger partial charge in [-0.1, -0.05) is 35.9 Å². The fraction of sp³-hybridized carbons (Fsp3) is 0.158. The fourth-order valence-corrected chi connectivity index (χ4v) is 2.98. The summed E-state index contributed by atoms with van der Waals surface area (Å²) >= 11 is 6.12. The average molecular weight is 372 g/mol. The number of nitrogens with one attached hydrogen (secondary N) is 3. The highest BCUT2D eigenvalue weighted by molar-refractivity contribution is 6.33. The molecule has 2 aromatic rings. The molecule has 26 heavy (non-hydrogen) atoms. The normalized spacial score (nSPS) is 16.6. The third-order valence-corrected chi connectivity index (χ3v) is 4.41. The van der Waals surface area contributed by atoms with E-state index in [4.69, 9.17) is 16.3 Å². The van der Waals surface area contributed by atoms with Gasteiger partial charge in [-0.3, -0.25) is 4.79 Å². The molecule has 0 bridgehead atoms. The van der Waals surface area contributed by atoms with Crippen LogP contribution in [0.3, 0.4) is 0 Å². The smallest absolute Gasteiger partial charge is 0.319 e. The summed E-state index contributed by atoms with van der Waals surface area (Å²) in [5.41, 5.74) is 2.17. The summed E-state index contributed by atoms with van der Waals surface area (Å²) < 4.78 is 5.16.